The number of hydrogen-bond donors (Lipinski definition) is 0. The van der Waals surface area contributed by atoms with Crippen LogP contribution in [0.15, 0.2) is 12.3 Å². The highest BCUT2D eigenvalue weighted by atomic mass is 79.9. The van der Waals surface area contributed by atoms with Gasteiger partial charge in [0.05, 0.1) is 0 Å². The van der Waals surface area contributed by atoms with Crippen LogP contribution in [0.4, 0.5) is 0 Å². The standard InChI is InChI=1S/C8H11BrN2O2/c1-6(5-9)13-8-3-4-11(10-8)7(2)12/h3-4,6H,5H2,1-2H3. The van der Waals surface area contributed by atoms with Crippen LogP contribution in [0.2, 0.25) is 0 Å². The van der Waals surface area contributed by atoms with Crippen LogP contribution in [-0.2, 0) is 0 Å². The summed E-state index contributed by atoms with van der Waals surface area (Å²) < 4.78 is 6.61. The average molecular weight is 247 g/mol. The number of carbonyl (C=O) groups excluding carboxylic acids is 1. The summed E-state index contributed by atoms with van der Waals surface area (Å²) in [5.74, 6) is 0.350. The molecule has 0 aromatic carbocycles. The molecule has 0 aliphatic carbocycles. The zero-order valence-corrected chi connectivity index (χ0v) is 9.11. The minimum Gasteiger partial charge on any atom is -0.473 e. The Labute approximate surface area is 85.0 Å². The number of rotatable bonds is 3. The van der Waals surface area contributed by atoms with Gasteiger partial charge in [-0.2, -0.15) is 0 Å². The molecule has 0 saturated carbocycles. The molecule has 1 heterocycles. The van der Waals surface area contributed by atoms with Crippen molar-refractivity contribution in [1.82, 2.24) is 9.78 Å². The van der Waals surface area contributed by atoms with Crippen LogP contribution in [0, 0.1) is 0 Å². The molecule has 0 fully saturated rings. The van der Waals surface area contributed by atoms with E-state index < -0.39 is 0 Å². The molecule has 13 heavy (non-hydrogen) atoms. The molecule has 0 aliphatic heterocycles. The van der Waals surface area contributed by atoms with E-state index in [1.807, 2.05) is 6.92 Å². The monoisotopic (exact) mass is 246 g/mol. The van der Waals surface area contributed by atoms with Crippen molar-refractivity contribution in [3.8, 4) is 5.88 Å². The third-order valence-electron chi connectivity index (χ3n) is 1.43. The Morgan fingerprint density at radius 3 is 3.00 bits per heavy atom. The first kappa shape index (κ1) is 10.2. The maximum absolute atomic E-state index is 10.8. The maximum atomic E-state index is 10.8. The summed E-state index contributed by atoms with van der Waals surface area (Å²) in [6.45, 7) is 3.37. The molecule has 0 amide bonds. The summed E-state index contributed by atoms with van der Waals surface area (Å²) in [5, 5.41) is 4.66. The normalized spacial score (nSPS) is 12.5. The van der Waals surface area contributed by atoms with Crippen molar-refractivity contribution in [3.63, 3.8) is 0 Å². The van der Waals surface area contributed by atoms with Crippen molar-refractivity contribution in [2.24, 2.45) is 0 Å². The number of alkyl halides is 1. The highest BCUT2D eigenvalue weighted by Crippen LogP contribution is 2.08. The number of ether oxygens (including phenoxy) is 1. The molecule has 1 unspecified atom stereocenters. The topological polar surface area (TPSA) is 44.1 Å². The number of aromatic nitrogens is 2. The van der Waals surface area contributed by atoms with Crippen LogP contribution in [0.1, 0.15) is 18.6 Å². The van der Waals surface area contributed by atoms with Gasteiger partial charge in [0, 0.05) is 24.5 Å². The fraction of sp³-hybridized carbons (Fsp3) is 0.500. The molecule has 1 aromatic heterocycles. The van der Waals surface area contributed by atoms with E-state index >= 15 is 0 Å². The zero-order valence-electron chi connectivity index (χ0n) is 7.53. The fourth-order valence-electron chi connectivity index (χ4n) is 0.783. The van der Waals surface area contributed by atoms with E-state index in [-0.39, 0.29) is 12.0 Å². The highest BCUT2D eigenvalue weighted by molar-refractivity contribution is 9.09. The van der Waals surface area contributed by atoms with Gasteiger partial charge < -0.3 is 4.74 Å². The minimum atomic E-state index is -0.124. The predicted octanol–water partition coefficient (Wildman–Crippen LogP) is 1.71. The molecule has 4 nitrogen and oxygen atoms in total. The van der Waals surface area contributed by atoms with Crippen molar-refractivity contribution < 1.29 is 9.53 Å². The molecule has 5 heteroatoms. The van der Waals surface area contributed by atoms with Gasteiger partial charge in [0.1, 0.15) is 6.10 Å². The van der Waals surface area contributed by atoms with E-state index in [2.05, 4.69) is 21.0 Å². The summed E-state index contributed by atoms with van der Waals surface area (Å²) in [6.07, 6.45) is 1.63. The summed E-state index contributed by atoms with van der Waals surface area (Å²) >= 11 is 3.28. The van der Waals surface area contributed by atoms with Gasteiger partial charge >= 0.3 is 0 Å². The number of hydrogen-bond acceptors (Lipinski definition) is 3. The van der Waals surface area contributed by atoms with Crippen molar-refractivity contribution in [2.45, 2.75) is 20.0 Å². The summed E-state index contributed by atoms with van der Waals surface area (Å²) in [5.41, 5.74) is 0. The van der Waals surface area contributed by atoms with Gasteiger partial charge in [-0.15, -0.1) is 5.10 Å². The first-order chi connectivity index (χ1) is 6.13. The Bertz CT molecular complexity index is 298. The second-order valence-corrected chi connectivity index (χ2v) is 3.35. The molecule has 1 atom stereocenters. The van der Waals surface area contributed by atoms with Crippen molar-refractivity contribution >= 4 is 21.8 Å². The van der Waals surface area contributed by atoms with Crippen LogP contribution >= 0.6 is 15.9 Å². The lowest BCUT2D eigenvalue weighted by Gasteiger charge is -2.07. The first-order valence-corrected chi connectivity index (χ1v) is 5.05. The molecule has 0 saturated heterocycles. The molecule has 1 rings (SSSR count). The highest BCUT2D eigenvalue weighted by Gasteiger charge is 2.06. The Morgan fingerprint density at radius 2 is 2.54 bits per heavy atom. The lowest BCUT2D eigenvalue weighted by Crippen LogP contribution is -2.14. The van der Waals surface area contributed by atoms with Crippen LogP contribution < -0.4 is 4.74 Å². The first-order valence-electron chi connectivity index (χ1n) is 3.92. The van der Waals surface area contributed by atoms with Crippen LogP contribution in [0.3, 0.4) is 0 Å². The molecule has 0 bridgehead atoms. The van der Waals surface area contributed by atoms with E-state index in [4.69, 9.17) is 4.74 Å². The maximum Gasteiger partial charge on any atom is 0.243 e. The smallest absolute Gasteiger partial charge is 0.243 e. The van der Waals surface area contributed by atoms with E-state index in [0.29, 0.717) is 5.88 Å². The predicted molar refractivity (Wildman–Crippen MR) is 52.4 cm³/mol. The zero-order chi connectivity index (χ0) is 9.84. The van der Waals surface area contributed by atoms with Crippen LogP contribution in [0.25, 0.3) is 0 Å². The molecule has 0 spiro atoms. The molecular weight excluding hydrogens is 236 g/mol. The minimum absolute atomic E-state index is 0.0512. The number of halogens is 1. The van der Waals surface area contributed by atoms with Gasteiger partial charge in [-0.3, -0.25) is 4.79 Å². The molecule has 0 aliphatic rings. The Kier molecular flexibility index (Phi) is 3.48. The van der Waals surface area contributed by atoms with Gasteiger partial charge in [0.25, 0.3) is 0 Å². The molecule has 72 valence electrons. The quantitative estimate of drug-likeness (QED) is 0.763. The number of nitrogens with zero attached hydrogens (tertiary/aromatic N) is 2. The SMILES string of the molecule is CC(=O)n1ccc(OC(C)CBr)n1. The second kappa shape index (κ2) is 4.41. The Morgan fingerprint density at radius 1 is 1.85 bits per heavy atom. The Hall–Kier alpha value is -0.840. The van der Waals surface area contributed by atoms with Crippen LogP contribution in [-0.4, -0.2) is 27.1 Å². The van der Waals surface area contributed by atoms with Crippen molar-refractivity contribution in [1.29, 1.82) is 0 Å². The largest absolute Gasteiger partial charge is 0.473 e. The molecule has 0 radical (unpaired) electrons. The van der Waals surface area contributed by atoms with E-state index in [1.165, 1.54) is 11.6 Å². The molecule has 0 N–H and O–H groups in total. The lowest BCUT2D eigenvalue weighted by molar-refractivity contribution is 0.0917. The van der Waals surface area contributed by atoms with Gasteiger partial charge in [0.2, 0.25) is 11.8 Å². The van der Waals surface area contributed by atoms with Gasteiger partial charge in [-0.1, -0.05) is 15.9 Å². The van der Waals surface area contributed by atoms with Gasteiger partial charge in [-0.05, 0) is 6.92 Å². The molecule has 1 aromatic rings. The second-order valence-electron chi connectivity index (χ2n) is 2.70. The molecular formula is C8H11BrN2O2. The van der Waals surface area contributed by atoms with Crippen molar-refractivity contribution in [3.05, 3.63) is 12.3 Å². The van der Waals surface area contributed by atoms with Gasteiger partial charge in [-0.25, -0.2) is 4.68 Å². The summed E-state index contributed by atoms with van der Waals surface area (Å²) in [4.78, 5) is 10.8. The van der Waals surface area contributed by atoms with Crippen LogP contribution in [0.5, 0.6) is 5.88 Å². The van der Waals surface area contributed by atoms with E-state index in [1.54, 1.807) is 12.3 Å². The third-order valence-corrected chi connectivity index (χ3v) is 2.34. The Balaban J connectivity index is 2.64. The van der Waals surface area contributed by atoms with Gasteiger partial charge in [0.15, 0.2) is 0 Å². The average Bonchev–Trinajstić information content (AvgIpc) is 2.52. The fourth-order valence-corrected chi connectivity index (χ4v) is 0.915. The summed E-state index contributed by atoms with van der Waals surface area (Å²) in [7, 11) is 0. The van der Waals surface area contributed by atoms with Crippen molar-refractivity contribution in [2.75, 3.05) is 5.33 Å². The summed E-state index contributed by atoms with van der Waals surface area (Å²) in [6, 6.07) is 1.67. The van der Waals surface area contributed by atoms with E-state index in [9.17, 15) is 4.79 Å². The van der Waals surface area contributed by atoms with E-state index in [0.717, 1.165) is 5.33 Å². The third kappa shape index (κ3) is 2.84. The lowest BCUT2D eigenvalue weighted by atomic mass is 10.5. The number of carbonyl (C=O) groups is 1.